The average molecular weight is 796 g/mol. The summed E-state index contributed by atoms with van der Waals surface area (Å²) in [5.41, 5.74) is 0. The highest BCUT2D eigenvalue weighted by Gasteiger charge is 2.27. The van der Waals surface area contributed by atoms with E-state index in [0.29, 0.717) is 36.7 Å². The number of unbranched alkanes of at least 4 members (excludes halogenated alkanes) is 15. The van der Waals surface area contributed by atoms with Crippen LogP contribution in [0, 0.1) is 11.8 Å². The minimum atomic E-state index is -4.60. The number of aliphatic hydroxyl groups is 1. The fourth-order valence-electron chi connectivity index (χ4n) is 6.21. The predicted molar refractivity (Wildman–Crippen MR) is 221 cm³/mol. The van der Waals surface area contributed by atoms with Gasteiger partial charge >= 0.3 is 5.97 Å². The Morgan fingerprint density at radius 3 is 2.13 bits per heavy atom. The summed E-state index contributed by atoms with van der Waals surface area (Å²) in [5.74, 6) is -0.635. The molecular weight excluding hydrogens is 717 g/mol. The molecule has 1 aliphatic rings. The van der Waals surface area contributed by atoms with E-state index < -0.39 is 32.6 Å². The zero-order valence-electron chi connectivity index (χ0n) is 35.2. The highest BCUT2D eigenvalue weighted by atomic mass is 31.2. The Labute approximate surface area is 335 Å². The zero-order chi connectivity index (χ0) is 40.6. The van der Waals surface area contributed by atoms with E-state index in [9.17, 15) is 24.2 Å². The van der Waals surface area contributed by atoms with Gasteiger partial charge in [-0.1, -0.05) is 134 Å². The molecule has 0 spiro atoms. The Kier molecular flexibility index (Phi) is 29.6. The van der Waals surface area contributed by atoms with Crippen molar-refractivity contribution >= 4 is 19.6 Å². The molecule has 0 aliphatic heterocycles. The third-order valence-corrected chi connectivity index (χ3v) is 10.7. The smallest absolute Gasteiger partial charge is 0.306 e. The third kappa shape index (κ3) is 29.8. The number of carbonyl (C=O) groups is 2. The van der Waals surface area contributed by atoms with Crippen LogP contribution in [0.5, 0.6) is 0 Å². The SMILES string of the molecule is CCCCCCCCCCCCCC/C=C/OC[C@H](COP(=O)([O-])OCC[N+](C)(C)C)OC(=O)CCC/C=C\C[C@H]1C=CC(=O)[C@@H]1/C=C/[C@@H](O)CCCCC. The molecule has 0 fully saturated rings. The van der Waals surface area contributed by atoms with E-state index in [-0.39, 0.29) is 37.3 Å². The average Bonchev–Trinajstić information content (AvgIpc) is 3.48. The molecule has 1 N–H and O–H groups in total. The third-order valence-electron chi connectivity index (χ3n) is 9.70. The van der Waals surface area contributed by atoms with Crippen LogP contribution in [0.2, 0.25) is 0 Å². The van der Waals surface area contributed by atoms with Gasteiger partial charge in [-0.3, -0.25) is 14.2 Å². The molecule has 10 nitrogen and oxygen atoms in total. The van der Waals surface area contributed by atoms with Crippen LogP contribution in [0.1, 0.15) is 149 Å². The number of phosphoric acid groups is 1. The molecule has 0 heterocycles. The second kappa shape index (κ2) is 32.0. The van der Waals surface area contributed by atoms with Gasteiger partial charge in [0.05, 0.1) is 40.1 Å². The molecule has 0 saturated carbocycles. The lowest BCUT2D eigenvalue weighted by Gasteiger charge is -2.28. The number of allylic oxidation sites excluding steroid dienone is 6. The molecule has 1 rings (SSSR count). The zero-order valence-corrected chi connectivity index (χ0v) is 36.1. The second-order valence-corrected chi connectivity index (χ2v) is 17.5. The summed E-state index contributed by atoms with van der Waals surface area (Å²) in [6, 6.07) is 0. The topological polar surface area (TPSA) is 131 Å². The number of likely N-dealkylation sites (N-methyl/N-ethyl adjacent to an activating group) is 1. The minimum absolute atomic E-state index is 0.0203. The van der Waals surface area contributed by atoms with Crippen molar-refractivity contribution in [2.24, 2.45) is 11.8 Å². The molecule has 5 atom stereocenters. The van der Waals surface area contributed by atoms with Gasteiger partial charge in [-0.05, 0) is 56.6 Å². The number of hydrogen-bond donors (Lipinski definition) is 1. The Bertz CT molecular complexity index is 1160. The van der Waals surface area contributed by atoms with Crippen molar-refractivity contribution in [1.82, 2.24) is 0 Å². The van der Waals surface area contributed by atoms with Gasteiger partial charge in [0.25, 0.3) is 7.82 Å². The Balaban J connectivity index is 2.46. The predicted octanol–water partition coefficient (Wildman–Crippen LogP) is 9.71. The van der Waals surface area contributed by atoms with Gasteiger partial charge in [0.15, 0.2) is 11.9 Å². The molecule has 1 aliphatic carbocycles. The van der Waals surface area contributed by atoms with Gasteiger partial charge in [0, 0.05) is 12.3 Å². The second-order valence-electron chi connectivity index (χ2n) is 16.1. The number of carbonyl (C=O) groups excluding carboxylic acids is 2. The van der Waals surface area contributed by atoms with E-state index in [0.717, 1.165) is 32.1 Å². The molecule has 1 unspecified atom stereocenters. The summed E-state index contributed by atoms with van der Waals surface area (Å²) in [6.45, 7) is 4.39. The quantitative estimate of drug-likeness (QED) is 0.0164. The minimum Gasteiger partial charge on any atom is -0.756 e. The molecule has 0 aromatic rings. The van der Waals surface area contributed by atoms with Crippen LogP contribution in [0.25, 0.3) is 0 Å². The van der Waals surface area contributed by atoms with Crippen LogP contribution in [0.15, 0.2) is 48.8 Å². The number of hydrogen-bond acceptors (Lipinski definition) is 9. The van der Waals surface area contributed by atoms with E-state index in [2.05, 4.69) is 13.8 Å². The first-order chi connectivity index (χ1) is 26.4. The first-order valence-electron chi connectivity index (χ1n) is 21.5. The number of ether oxygens (including phenoxy) is 2. The summed E-state index contributed by atoms with van der Waals surface area (Å²) < 4.78 is 34.2. The number of nitrogens with zero attached hydrogens (tertiary/aromatic N) is 1. The lowest BCUT2D eigenvalue weighted by molar-refractivity contribution is -0.870. The standard InChI is InChI=1S/C44H78NO9P/c1-6-8-10-11-12-13-14-15-16-17-18-19-22-26-35-51-37-41(38-53-55(49,50)52-36-34-45(3,4)5)54-44(48)29-25-21-20-24-27-39-30-33-43(47)42(39)32-31-40(46)28-23-9-7-2/h20,24,26,30-33,35,39-42,46H,6-19,21-23,25,27-29,34,36-38H2,1-5H3/b24-20-,32-31+,35-26+/t39-,40-,41+,42+/m0/s1. The molecule has 11 heteroatoms. The van der Waals surface area contributed by atoms with E-state index in [1.165, 1.54) is 70.6 Å². The van der Waals surface area contributed by atoms with Crippen LogP contribution in [-0.4, -0.2) is 81.1 Å². The van der Waals surface area contributed by atoms with Crippen LogP contribution in [0.4, 0.5) is 0 Å². The van der Waals surface area contributed by atoms with Crippen molar-refractivity contribution in [3.63, 3.8) is 0 Å². The Hall–Kier alpha value is -2.07. The fourth-order valence-corrected chi connectivity index (χ4v) is 6.94. The number of rotatable bonds is 36. The summed E-state index contributed by atoms with van der Waals surface area (Å²) in [7, 11) is 1.20. The van der Waals surface area contributed by atoms with Crippen molar-refractivity contribution in [1.29, 1.82) is 0 Å². The van der Waals surface area contributed by atoms with Gasteiger partial charge in [-0.15, -0.1) is 0 Å². The van der Waals surface area contributed by atoms with E-state index in [1.54, 1.807) is 18.4 Å². The van der Waals surface area contributed by atoms with E-state index >= 15 is 0 Å². The normalized spacial score (nSPS) is 18.5. The van der Waals surface area contributed by atoms with Crippen molar-refractivity contribution in [3.8, 4) is 0 Å². The summed E-state index contributed by atoms with van der Waals surface area (Å²) in [5, 5.41) is 10.2. The summed E-state index contributed by atoms with van der Waals surface area (Å²) in [6.07, 6.45) is 35.5. The molecular formula is C44H78NO9P. The first kappa shape index (κ1) is 50.9. The molecule has 0 radical (unpaired) electrons. The van der Waals surface area contributed by atoms with Crippen molar-refractivity contribution in [2.75, 3.05) is 47.5 Å². The van der Waals surface area contributed by atoms with Crippen molar-refractivity contribution in [2.45, 2.75) is 161 Å². The maximum Gasteiger partial charge on any atom is 0.306 e. The molecule has 318 valence electrons. The van der Waals surface area contributed by atoms with Crippen molar-refractivity contribution in [3.05, 3.63) is 48.8 Å². The highest BCUT2D eigenvalue weighted by Crippen LogP contribution is 2.38. The van der Waals surface area contributed by atoms with Crippen LogP contribution in [0.3, 0.4) is 0 Å². The fraction of sp³-hybridized carbons (Fsp3) is 0.773. The maximum absolute atomic E-state index is 12.7. The van der Waals surface area contributed by atoms with Gasteiger partial charge in [-0.25, -0.2) is 0 Å². The summed E-state index contributed by atoms with van der Waals surface area (Å²) >= 11 is 0. The lowest BCUT2D eigenvalue weighted by atomic mass is 9.90. The van der Waals surface area contributed by atoms with Crippen molar-refractivity contribution < 1.29 is 47.2 Å². The van der Waals surface area contributed by atoms with Crippen LogP contribution in [-0.2, 0) is 32.7 Å². The lowest BCUT2D eigenvalue weighted by Crippen LogP contribution is -2.37. The first-order valence-corrected chi connectivity index (χ1v) is 22.9. The Morgan fingerprint density at radius 1 is 0.855 bits per heavy atom. The molecule has 0 aromatic carbocycles. The number of aliphatic hydroxyl groups excluding tert-OH is 1. The van der Waals surface area contributed by atoms with Gasteiger partial charge < -0.3 is 33.0 Å². The summed E-state index contributed by atoms with van der Waals surface area (Å²) in [4.78, 5) is 37.5. The van der Waals surface area contributed by atoms with Gasteiger partial charge in [-0.2, -0.15) is 0 Å². The van der Waals surface area contributed by atoms with Gasteiger partial charge in [0.1, 0.15) is 19.8 Å². The molecule has 0 saturated heterocycles. The van der Waals surface area contributed by atoms with Crippen LogP contribution >= 0.6 is 7.82 Å². The van der Waals surface area contributed by atoms with E-state index in [4.69, 9.17) is 18.5 Å². The highest BCUT2D eigenvalue weighted by molar-refractivity contribution is 7.45. The van der Waals surface area contributed by atoms with E-state index in [1.807, 2.05) is 51.5 Å². The molecule has 0 aromatic heterocycles. The Morgan fingerprint density at radius 2 is 1.47 bits per heavy atom. The molecule has 0 amide bonds. The molecule has 55 heavy (non-hydrogen) atoms. The maximum atomic E-state index is 12.7. The number of phosphoric ester groups is 1. The van der Waals surface area contributed by atoms with Gasteiger partial charge in [0.2, 0.25) is 0 Å². The number of esters is 1. The monoisotopic (exact) mass is 796 g/mol. The largest absolute Gasteiger partial charge is 0.756 e. The number of ketones is 1. The number of quaternary nitrogens is 1. The van der Waals surface area contributed by atoms with Crippen LogP contribution < -0.4 is 4.89 Å². The molecule has 0 bridgehead atoms.